The van der Waals surface area contributed by atoms with Gasteiger partial charge in [-0.15, -0.1) is 0 Å². The molecule has 4 nitrogen and oxygen atoms in total. The third kappa shape index (κ3) is 2.37. The Kier molecular flexibility index (Phi) is 2.75. The van der Waals surface area contributed by atoms with Gasteiger partial charge in [0.25, 0.3) is 5.56 Å². The van der Waals surface area contributed by atoms with Crippen molar-refractivity contribution in [3.8, 4) is 0 Å². The van der Waals surface area contributed by atoms with E-state index in [1.165, 1.54) is 12.8 Å². The molecule has 0 saturated carbocycles. The quantitative estimate of drug-likeness (QED) is 0.755. The standard InChI is InChI=1S/C11H17N3O/c1-8-4-3-5-14(7-8)10-6-11(15)13-9(2)12-10/h6,8H,3-5,7H2,1-2H3,(H,12,13,15). The predicted molar refractivity (Wildman–Crippen MR) is 60.2 cm³/mol. The molecule has 15 heavy (non-hydrogen) atoms. The van der Waals surface area contributed by atoms with Crippen molar-refractivity contribution < 1.29 is 0 Å². The molecule has 0 radical (unpaired) electrons. The fourth-order valence-corrected chi connectivity index (χ4v) is 2.12. The zero-order chi connectivity index (χ0) is 10.8. The Bertz CT molecular complexity index is 399. The summed E-state index contributed by atoms with van der Waals surface area (Å²) in [6, 6.07) is 1.59. The second-order valence-electron chi connectivity index (χ2n) is 4.38. The van der Waals surface area contributed by atoms with Crippen molar-refractivity contribution in [3.63, 3.8) is 0 Å². The molecule has 0 aromatic carbocycles. The number of anilines is 1. The summed E-state index contributed by atoms with van der Waals surface area (Å²) in [6.45, 7) is 6.08. The summed E-state index contributed by atoms with van der Waals surface area (Å²) in [6.07, 6.45) is 2.47. The van der Waals surface area contributed by atoms with Crippen molar-refractivity contribution in [2.45, 2.75) is 26.7 Å². The Balaban J connectivity index is 2.24. The molecule has 1 unspecified atom stereocenters. The SMILES string of the molecule is Cc1nc(N2CCCC(C)C2)cc(=O)[nH]1. The van der Waals surface area contributed by atoms with E-state index in [1.54, 1.807) is 6.07 Å². The molecule has 0 aliphatic carbocycles. The van der Waals surface area contributed by atoms with Gasteiger partial charge in [-0.05, 0) is 25.7 Å². The van der Waals surface area contributed by atoms with Crippen LogP contribution >= 0.6 is 0 Å². The van der Waals surface area contributed by atoms with Gasteiger partial charge in [0.05, 0.1) is 0 Å². The van der Waals surface area contributed by atoms with Gasteiger partial charge in [-0.3, -0.25) is 4.79 Å². The summed E-state index contributed by atoms with van der Waals surface area (Å²) in [7, 11) is 0. The van der Waals surface area contributed by atoms with E-state index in [-0.39, 0.29) is 5.56 Å². The molecule has 0 amide bonds. The monoisotopic (exact) mass is 207 g/mol. The van der Waals surface area contributed by atoms with Crippen LogP contribution in [0.4, 0.5) is 5.82 Å². The number of nitrogens with one attached hydrogen (secondary N) is 1. The highest BCUT2D eigenvalue weighted by molar-refractivity contribution is 5.37. The number of rotatable bonds is 1. The van der Waals surface area contributed by atoms with E-state index in [0.717, 1.165) is 18.9 Å². The molecule has 1 aliphatic rings. The van der Waals surface area contributed by atoms with E-state index in [9.17, 15) is 4.79 Å². The second-order valence-corrected chi connectivity index (χ2v) is 4.38. The van der Waals surface area contributed by atoms with E-state index in [1.807, 2.05) is 6.92 Å². The maximum Gasteiger partial charge on any atom is 0.252 e. The van der Waals surface area contributed by atoms with Gasteiger partial charge in [-0.2, -0.15) is 0 Å². The molecular weight excluding hydrogens is 190 g/mol. The third-order valence-electron chi connectivity index (χ3n) is 2.83. The first kappa shape index (κ1) is 10.2. The highest BCUT2D eigenvalue weighted by Gasteiger charge is 2.17. The fourth-order valence-electron chi connectivity index (χ4n) is 2.12. The lowest BCUT2D eigenvalue weighted by Gasteiger charge is -2.31. The topological polar surface area (TPSA) is 49.0 Å². The van der Waals surface area contributed by atoms with Gasteiger partial charge in [0.1, 0.15) is 11.6 Å². The van der Waals surface area contributed by atoms with Gasteiger partial charge in [0.2, 0.25) is 0 Å². The summed E-state index contributed by atoms with van der Waals surface area (Å²) in [5, 5.41) is 0. The van der Waals surface area contributed by atoms with Crippen LogP contribution in [0, 0.1) is 12.8 Å². The number of piperidine rings is 1. The zero-order valence-electron chi connectivity index (χ0n) is 9.29. The van der Waals surface area contributed by atoms with E-state index in [0.29, 0.717) is 11.7 Å². The van der Waals surface area contributed by atoms with Crippen LogP contribution < -0.4 is 10.5 Å². The maximum atomic E-state index is 11.3. The molecule has 1 aliphatic heterocycles. The Morgan fingerprint density at radius 1 is 1.60 bits per heavy atom. The first-order valence-corrected chi connectivity index (χ1v) is 5.48. The van der Waals surface area contributed by atoms with Crippen molar-refractivity contribution in [2.24, 2.45) is 5.92 Å². The van der Waals surface area contributed by atoms with Crippen molar-refractivity contribution in [3.05, 3.63) is 22.2 Å². The van der Waals surface area contributed by atoms with E-state index >= 15 is 0 Å². The van der Waals surface area contributed by atoms with Crippen molar-refractivity contribution in [1.82, 2.24) is 9.97 Å². The van der Waals surface area contributed by atoms with Crippen LogP contribution in [0.15, 0.2) is 10.9 Å². The van der Waals surface area contributed by atoms with Crippen LogP contribution in [0.25, 0.3) is 0 Å². The summed E-state index contributed by atoms with van der Waals surface area (Å²) < 4.78 is 0. The summed E-state index contributed by atoms with van der Waals surface area (Å²) in [5.41, 5.74) is -0.0595. The molecular formula is C11H17N3O. The molecule has 2 rings (SSSR count). The minimum atomic E-state index is -0.0595. The molecule has 1 aromatic heterocycles. The predicted octanol–water partition coefficient (Wildman–Crippen LogP) is 1.31. The smallest absolute Gasteiger partial charge is 0.252 e. The molecule has 1 N–H and O–H groups in total. The summed E-state index contributed by atoms with van der Waals surface area (Å²) in [4.78, 5) is 20.5. The lowest BCUT2D eigenvalue weighted by Crippen LogP contribution is -2.35. The Labute approximate surface area is 89.3 Å². The number of H-pyrrole nitrogens is 1. The van der Waals surface area contributed by atoms with E-state index in [4.69, 9.17) is 0 Å². The molecule has 0 spiro atoms. The molecule has 1 atom stereocenters. The molecule has 1 fully saturated rings. The van der Waals surface area contributed by atoms with Crippen molar-refractivity contribution in [2.75, 3.05) is 18.0 Å². The van der Waals surface area contributed by atoms with Crippen LogP contribution in [0.2, 0.25) is 0 Å². The number of hydrogen-bond acceptors (Lipinski definition) is 3. The second kappa shape index (κ2) is 4.04. The van der Waals surface area contributed by atoms with Gasteiger partial charge >= 0.3 is 0 Å². The summed E-state index contributed by atoms with van der Waals surface area (Å²) >= 11 is 0. The lowest BCUT2D eigenvalue weighted by molar-refractivity contribution is 0.444. The Hall–Kier alpha value is -1.32. The average molecular weight is 207 g/mol. The number of aromatic nitrogens is 2. The Morgan fingerprint density at radius 3 is 3.07 bits per heavy atom. The largest absolute Gasteiger partial charge is 0.356 e. The van der Waals surface area contributed by atoms with Crippen LogP contribution in [0.1, 0.15) is 25.6 Å². The maximum absolute atomic E-state index is 11.3. The van der Waals surface area contributed by atoms with Gasteiger partial charge in [0, 0.05) is 19.2 Å². The van der Waals surface area contributed by atoms with Crippen molar-refractivity contribution >= 4 is 5.82 Å². The van der Waals surface area contributed by atoms with Gasteiger partial charge in [-0.25, -0.2) is 4.98 Å². The minimum absolute atomic E-state index is 0.0595. The molecule has 4 heteroatoms. The number of hydrogen-bond donors (Lipinski definition) is 1. The van der Waals surface area contributed by atoms with Gasteiger partial charge in [-0.1, -0.05) is 6.92 Å². The van der Waals surface area contributed by atoms with E-state index < -0.39 is 0 Å². The first-order valence-electron chi connectivity index (χ1n) is 5.48. The number of nitrogens with zero attached hydrogens (tertiary/aromatic N) is 2. The van der Waals surface area contributed by atoms with Crippen LogP contribution in [-0.4, -0.2) is 23.1 Å². The number of aromatic amines is 1. The van der Waals surface area contributed by atoms with Crippen LogP contribution in [0.3, 0.4) is 0 Å². The van der Waals surface area contributed by atoms with Gasteiger partial charge < -0.3 is 9.88 Å². The number of aryl methyl sites for hydroxylation is 1. The zero-order valence-corrected chi connectivity index (χ0v) is 9.29. The lowest BCUT2D eigenvalue weighted by atomic mass is 10.0. The fraction of sp³-hybridized carbons (Fsp3) is 0.636. The van der Waals surface area contributed by atoms with Crippen LogP contribution in [-0.2, 0) is 0 Å². The molecule has 0 bridgehead atoms. The van der Waals surface area contributed by atoms with Crippen LogP contribution in [0.5, 0.6) is 0 Å². The highest BCUT2D eigenvalue weighted by Crippen LogP contribution is 2.19. The molecule has 1 saturated heterocycles. The average Bonchev–Trinajstić information content (AvgIpc) is 2.16. The van der Waals surface area contributed by atoms with Crippen molar-refractivity contribution in [1.29, 1.82) is 0 Å². The normalized spacial score (nSPS) is 21.7. The minimum Gasteiger partial charge on any atom is -0.356 e. The summed E-state index contributed by atoms with van der Waals surface area (Å²) in [5.74, 6) is 2.21. The highest BCUT2D eigenvalue weighted by atomic mass is 16.1. The Morgan fingerprint density at radius 2 is 2.40 bits per heavy atom. The first-order chi connectivity index (χ1) is 7.15. The molecule has 1 aromatic rings. The van der Waals surface area contributed by atoms with E-state index in [2.05, 4.69) is 21.8 Å². The van der Waals surface area contributed by atoms with Gasteiger partial charge in [0.15, 0.2) is 0 Å². The third-order valence-corrected chi connectivity index (χ3v) is 2.83. The molecule has 2 heterocycles. The molecule has 82 valence electrons.